The number of benzene rings is 2. The Hall–Kier alpha value is -2.14. The third-order valence-corrected chi connectivity index (χ3v) is 5.13. The van der Waals surface area contributed by atoms with Gasteiger partial charge >= 0.3 is 0 Å². The number of nitrogens with zero attached hydrogens (tertiary/aromatic N) is 1. The highest BCUT2D eigenvalue weighted by Crippen LogP contribution is 2.21. The number of carbonyl (C=O) groups excluding carboxylic acids is 2. The smallest absolute Gasteiger partial charge is 0.225 e. The van der Waals surface area contributed by atoms with Gasteiger partial charge in [-0.15, -0.1) is 0 Å². The molecule has 1 aliphatic rings. The number of rotatable bonds is 7. The molecular weight excluding hydrogens is 392 g/mol. The van der Waals surface area contributed by atoms with Crippen molar-refractivity contribution in [2.45, 2.75) is 25.8 Å². The molecule has 2 aromatic carbocycles. The molecule has 2 amide bonds. The van der Waals surface area contributed by atoms with Crippen molar-refractivity contribution in [3.05, 3.63) is 70.2 Å². The molecule has 2 aromatic rings. The third-order valence-electron chi connectivity index (χ3n) is 4.63. The van der Waals surface area contributed by atoms with E-state index in [1.165, 1.54) is 5.56 Å². The summed E-state index contributed by atoms with van der Waals surface area (Å²) in [4.78, 5) is 26.4. The van der Waals surface area contributed by atoms with Gasteiger partial charge in [-0.1, -0.05) is 58.4 Å². The van der Waals surface area contributed by atoms with Crippen LogP contribution in [0, 0.1) is 5.92 Å². The van der Waals surface area contributed by atoms with Crippen molar-refractivity contribution in [3.8, 4) is 0 Å². The minimum absolute atomic E-state index is 0.0110. The van der Waals surface area contributed by atoms with Gasteiger partial charge in [-0.25, -0.2) is 0 Å². The summed E-state index contributed by atoms with van der Waals surface area (Å²) in [6, 6.07) is 18.2. The quantitative estimate of drug-likeness (QED) is 0.704. The summed E-state index contributed by atoms with van der Waals surface area (Å²) in [5, 5.41) is 2.98. The summed E-state index contributed by atoms with van der Waals surface area (Å²) in [6.45, 7) is 1.69. The van der Waals surface area contributed by atoms with Gasteiger partial charge in [0, 0.05) is 30.5 Å². The molecule has 4 nitrogen and oxygen atoms in total. The number of amides is 2. The lowest BCUT2D eigenvalue weighted by molar-refractivity contribution is -0.129. The van der Waals surface area contributed by atoms with E-state index in [2.05, 4.69) is 33.4 Å². The fourth-order valence-electron chi connectivity index (χ4n) is 3.25. The van der Waals surface area contributed by atoms with Crippen molar-refractivity contribution in [3.63, 3.8) is 0 Å². The normalized spacial score (nSPS) is 16.7. The molecule has 0 aliphatic carbocycles. The van der Waals surface area contributed by atoms with Gasteiger partial charge in [-0.3, -0.25) is 9.59 Å². The van der Waals surface area contributed by atoms with Crippen molar-refractivity contribution in [1.82, 2.24) is 10.2 Å². The van der Waals surface area contributed by atoms with E-state index < -0.39 is 0 Å². The van der Waals surface area contributed by atoms with Crippen molar-refractivity contribution in [1.29, 1.82) is 0 Å². The molecule has 0 aromatic heterocycles. The van der Waals surface area contributed by atoms with E-state index in [1.54, 1.807) is 4.90 Å². The highest BCUT2D eigenvalue weighted by atomic mass is 79.9. The fourth-order valence-corrected chi connectivity index (χ4v) is 3.70. The Morgan fingerprint density at radius 3 is 2.65 bits per heavy atom. The Bertz CT molecular complexity index is 764. The summed E-state index contributed by atoms with van der Waals surface area (Å²) < 4.78 is 0.995. The average Bonchev–Trinajstić information content (AvgIpc) is 3.00. The van der Waals surface area contributed by atoms with Crippen LogP contribution in [0.5, 0.6) is 0 Å². The van der Waals surface area contributed by atoms with Gasteiger partial charge in [0.05, 0.1) is 5.92 Å². The number of aryl methyl sites for hydroxylation is 1. The Balaban J connectivity index is 1.43. The molecule has 0 bridgehead atoms. The first-order chi connectivity index (χ1) is 12.6. The second-order valence-electron chi connectivity index (χ2n) is 6.69. The molecule has 26 heavy (non-hydrogen) atoms. The lowest BCUT2D eigenvalue weighted by atomic mass is 10.1. The number of hydrogen-bond donors (Lipinski definition) is 1. The van der Waals surface area contributed by atoms with Crippen molar-refractivity contribution < 1.29 is 9.59 Å². The van der Waals surface area contributed by atoms with Crippen LogP contribution in [0.4, 0.5) is 0 Å². The second-order valence-corrected chi connectivity index (χ2v) is 7.60. The van der Waals surface area contributed by atoms with E-state index in [4.69, 9.17) is 0 Å². The molecule has 1 unspecified atom stereocenters. The lowest BCUT2D eigenvalue weighted by Gasteiger charge is -2.17. The molecule has 1 atom stereocenters. The van der Waals surface area contributed by atoms with Gasteiger partial charge in [0.25, 0.3) is 0 Å². The summed E-state index contributed by atoms with van der Waals surface area (Å²) in [6.07, 6.45) is 2.15. The molecule has 1 fully saturated rings. The van der Waals surface area contributed by atoms with Crippen LogP contribution in [0.15, 0.2) is 59.1 Å². The largest absolute Gasteiger partial charge is 0.356 e. The predicted octanol–water partition coefficient (Wildman–Crippen LogP) is 3.55. The van der Waals surface area contributed by atoms with Crippen LogP contribution in [0.3, 0.4) is 0 Å². The minimum atomic E-state index is -0.244. The Labute approximate surface area is 162 Å². The Kier molecular flexibility index (Phi) is 6.45. The molecule has 1 heterocycles. The molecular formula is C21H23BrN2O2. The number of halogens is 1. The standard InChI is InChI=1S/C21H23BrN2O2/c22-19-10-4-8-17(12-19)14-24-15-18(13-20(24)25)21(26)23-11-5-9-16-6-2-1-3-7-16/h1-4,6-8,10,12,18H,5,9,11,13-15H2,(H,23,26). The van der Waals surface area contributed by atoms with Gasteiger partial charge in [-0.2, -0.15) is 0 Å². The monoisotopic (exact) mass is 414 g/mol. The Morgan fingerprint density at radius 2 is 1.88 bits per heavy atom. The highest BCUT2D eigenvalue weighted by molar-refractivity contribution is 9.10. The Morgan fingerprint density at radius 1 is 1.12 bits per heavy atom. The molecule has 1 N–H and O–H groups in total. The maximum absolute atomic E-state index is 12.4. The van der Waals surface area contributed by atoms with Crippen LogP contribution in [0.1, 0.15) is 24.0 Å². The first kappa shape index (κ1) is 18.6. The molecule has 5 heteroatoms. The number of nitrogens with one attached hydrogen (secondary N) is 1. The highest BCUT2D eigenvalue weighted by Gasteiger charge is 2.33. The molecule has 136 valence electrons. The SMILES string of the molecule is O=C(NCCCc1ccccc1)C1CC(=O)N(Cc2cccc(Br)c2)C1. The van der Waals surface area contributed by atoms with Gasteiger partial charge in [0.15, 0.2) is 0 Å². The van der Waals surface area contributed by atoms with E-state index in [0.29, 0.717) is 26.1 Å². The summed E-state index contributed by atoms with van der Waals surface area (Å²) in [5.74, 6) is -0.205. The van der Waals surface area contributed by atoms with E-state index in [0.717, 1.165) is 22.9 Å². The third kappa shape index (κ3) is 5.18. The molecule has 0 radical (unpaired) electrons. The summed E-state index contributed by atoms with van der Waals surface area (Å²) in [7, 11) is 0. The van der Waals surface area contributed by atoms with E-state index in [1.807, 2.05) is 42.5 Å². The van der Waals surface area contributed by atoms with Gasteiger partial charge in [0.2, 0.25) is 11.8 Å². The van der Waals surface area contributed by atoms with E-state index in [9.17, 15) is 9.59 Å². The number of carbonyl (C=O) groups is 2. The van der Waals surface area contributed by atoms with Crippen LogP contribution in [0.2, 0.25) is 0 Å². The second kappa shape index (κ2) is 8.99. The van der Waals surface area contributed by atoms with Crippen molar-refractivity contribution in [2.75, 3.05) is 13.1 Å². The lowest BCUT2D eigenvalue weighted by Crippen LogP contribution is -2.33. The predicted molar refractivity (Wildman–Crippen MR) is 105 cm³/mol. The minimum Gasteiger partial charge on any atom is -0.356 e. The van der Waals surface area contributed by atoms with Crippen LogP contribution in [-0.2, 0) is 22.6 Å². The summed E-state index contributed by atoms with van der Waals surface area (Å²) in [5.41, 5.74) is 2.34. The average molecular weight is 415 g/mol. The summed E-state index contributed by atoms with van der Waals surface area (Å²) >= 11 is 3.45. The van der Waals surface area contributed by atoms with Crippen molar-refractivity contribution in [2.24, 2.45) is 5.92 Å². The molecule has 0 saturated carbocycles. The zero-order chi connectivity index (χ0) is 18.4. The topological polar surface area (TPSA) is 49.4 Å². The van der Waals surface area contributed by atoms with Crippen LogP contribution < -0.4 is 5.32 Å². The zero-order valence-corrected chi connectivity index (χ0v) is 16.2. The van der Waals surface area contributed by atoms with Crippen LogP contribution in [-0.4, -0.2) is 29.8 Å². The first-order valence-corrected chi connectivity index (χ1v) is 9.75. The van der Waals surface area contributed by atoms with Gasteiger partial charge in [0.1, 0.15) is 0 Å². The maximum atomic E-state index is 12.4. The molecule has 1 saturated heterocycles. The van der Waals surface area contributed by atoms with Crippen LogP contribution >= 0.6 is 15.9 Å². The van der Waals surface area contributed by atoms with Gasteiger partial charge < -0.3 is 10.2 Å². The molecule has 1 aliphatic heterocycles. The van der Waals surface area contributed by atoms with Crippen molar-refractivity contribution >= 4 is 27.7 Å². The van der Waals surface area contributed by atoms with E-state index >= 15 is 0 Å². The molecule has 3 rings (SSSR count). The fraction of sp³-hybridized carbons (Fsp3) is 0.333. The number of hydrogen-bond acceptors (Lipinski definition) is 2. The maximum Gasteiger partial charge on any atom is 0.225 e. The van der Waals surface area contributed by atoms with E-state index in [-0.39, 0.29) is 17.7 Å². The zero-order valence-electron chi connectivity index (χ0n) is 14.7. The first-order valence-electron chi connectivity index (χ1n) is 8.95. The number of likely N-dealkylation sites (tertiary alicyclic amines) is 1. The molecule has 0 spiro atoms. The van der Waals surface area contributed by atoms with Gasteiger partial charge in [-0.05, 0) is 36.1 Å². The van der Waals surface area contributed by atoms with Crippen LogP contribution in [0.25, 0.3) is 0 Å².